The van der Waals surface area contributed by atoms with Gasteiger partial charge in [0.1, 0.15) is 0 Å². The maximum absolute atomic E-state index is 12.4. The fraction of sp³-hybridized carbons (Fsp3) is 0.409. The molecule has 1 saturated carbocycles. The lowest BCUT2D eigenvalue weighted by atomic mass is 10.1. The Morgan fingerprint density at radius 1 is 1.12 bits per heavy atom. The molecule has 0 radical (unpaired) electrons. The lowest BCUT2D eigenvalue weighted by Gasteiger charge is -2.18. The minimum absolute atomic E-state index is 0.0791. The summed E-state index contributed by atoms with van der Waals surface area (Å²) in [5.74, 6) is 0.530. The molecule has 138 valence electrons. The molecule has 0 bridgehead atoms. The van der Waals surface area contributed by atoms with Crippen molar-refractivity contribution in [3.8, 4) is 0 Å². The summed E-state index contributed by atoms with van der Waals surface area (Å²) >= 11 is 6.04. The summed E-state index contributed by atoms with van der Waals surface area (Å²) in [5, 5.41) is 3.81. The van der Waals surface area contributed by atoms with Crippen LogP contribution in [0.15, 0.2) is 48.5 Å². The molecule has 1 amide bonds. The molecule has 2 aromatic carbocycles. The van der Waals surface area contributed by atoms with E-state index in [-0.39, 0.29) is 11.8 Å². The fourth-order valence-electron chi connectivity index (χ4n) is 3.38. The van der Waals surface area contributed by atoms with Crippen LogP contribution >= 0.6 is 11.6 Å². The van der Waals surface area contributed by atoms with Gasteiger partial charge in [-0.05, 0) is 54.3 Å². The highest BCUT2D eigenvalue weighted by Crippen LogP contribution is 2.47. The summed E-state index contributed by atoms with van der Waals surface area (Å²) in [7, 11) is 0. The number of carbonyl (C=O) groups is 1. The average molecular weight is 371 g/mol. The van der Waals surface area contributed by atoms with E-state index >= 15 is 0 Å². The number of hydrogen-bond acceptors (Lipinski definition) is 2. The first-order valence-electron chi connectivity index (χ1n) is 9.44. The zero-order valence-corrected chi connectivity index (χ0v) is 16.3. The van der Waals surface area contributed by atoms with Crippen molar-refractivity contribution >= 4 is 17.5 Å². The number of nitrogens with zero attached hydrogens (tertiary/aromatic N) is 1. The van der Waals surface area contributed by atoms with E-state index in [1.54, 1.807) is 0 Å². The van der Waals surface area contributed by atoms with Crippen LogP contribution in [0, 0.1) is 5.92 Å². The second kappa shape index (κ2) is 8.70. The number of hydrogen-bond donors (Lipinski definition) is 1. The fourth-order valence-corrected chi connectivity index (χ4v) is 3.58. The van der Waals surface area contributed by atoms with Crippen LogP contribution in [0.3, 0.4) is 0 Å². The van der Waals surface area contributed by atoms with E-state index in [0.29, 0.717) is 12.5 Å². The Balaban J connectivity index is 1.48. The Morgan fingerprint density at radius 2 is 1.81 bits per heavy atom. The third kappa shape index (κ3) is 4.87. The van der Waals surface area contributed by atoms with Gasteiger partial charge in [0.15, 0.2) is 0 Å². The maximum atomic E-state index is 12.4. The molecule has 3 nitrogen and oxygen atoms in total. The molecule has 0 heterocycles. The first-order valence-corrected chi connectivity index (χ1v) is 9.81. The van der Waals surface area contributed by atoms with E-state index in [4.69, 9.17) is 11.6 Å². The van der Waals surface area contributed by atoms with Crippen molar-refractivity contribution in [2.75, 3.05) is 13.1 Å². The van der Waals surface area contributed by atoms with Crippen LogP contribution < -0.4 is 5.32 Å². The highest BCUT2D eigenvalue weighted by Gasteiger charge is 2.43. The van der Waals surface area contributed by atoms with E-state index in [1.165, 1.54) is 11.1 Å². The normalized spacial score (nSPS) is 18.8. The molecule has 2 atom stereocenters. The summed E-state index contributed by atoms with van der Waals surface area (Å²) in [6.45, 7) is 8.04. The van der Waals surface area contributed by atoms with Crippen molar-refractivity contribution in [1.82, 2.24) is 10.2 Å². The standard InChI is InChI=1S/C22H27ClN2O/c1-3-25(4-2)15-17-10-8-16(9-11-17)14-24-22(26)21-13-20(21)18-6-5-7-19(23)12-18/h5-12,20-21H,3-4,13-15H2,1-2H3,(H,24,26). The van der Waals surface area contributed by atoms with Gasteiger partial charge in [0, 0.05) is 24.0 Å². The predicted molar refractivity (Wildman–Crippen MR) is 107 cm³/mol. The van der Waals surface area contributed by atoms with Crippen LogP contribution in [0.25, 0.3) is 0 Å². The summed E-state index contributed by atoms with van der Waals surface area (Å²) in [5.41, 5.74) is 3.62. The smallest absolute Gasteiger partial charge is 0.224 e. The van der Waals surface area contributed by atoms with E-state index in [0.717, 1.165) is 36.6 Å². The molecule has 4 heteroatoms. The number of carbonyl (C=O) groups excluding carboxylic acids is 1. The quantitative estimate of drug-likeness (QED) is 0.736. The van der Waals surface area contributed by atoms with Crippen LogP contribution in [0.1, 0.15) is 42.9 Å². The molecule has 1 fully saturated rings. The highest BCUT2D eigenvalue weighted by atomic mass is 35.5. The van der Waals surface area contributed by atoms with Gasteiger partial charge in [-0.3, -0.25) is 9.69 Å². The molecule has 3 rings (SSSR count). The Hall–Kier alpha value is -1.84. The molecule has 0 spiro atoms. The van der Waals surface area contributed by atoms with Crippen molar-refractivity contribution in [2.45, 2.75) is 39.3 Å². The van der Waals surface area contributed by atoms with E-state index < -0.39 is 0 Å². The third-order valence-electron chi connectivity index (χ3n) is 5.19. The molecule has 2 aromatic rings. The summed E-state index contributed by atoms with van der Waals surface area (Å²) in [6.07, 6.45) is 0.912. The van der Waals surface area contributed by atoms with Crippen molar-refractivity contribution in [2.24, 2.45) is 5.92 Å². The maximum Gasteiger partial charge on any atom is 0.224 e. The van der Waals surface area contributed by atoms with Crippen LogP contribution in [-0.4, -0.2) is 23.9 Å². The largest absolute Gasteiger partial charge is 0.352 e. The Labute approximate surface area is 161 Å². The van der Waals surface area contributed by atoms with Gasteiger partial charge in [-0.2, -0.15) is 0 Å². The van der Waals surface area contributed by atoms with Gasteiger partial charge in [0.25, 0.3) is 0 Å². The monoisotopic (exact) mass is 370 g/mol. The van der Waals surface area contributed by atoms with Crippen molar-refractivity contribution in [3.05, 3.63) is 70.2 Å². The van der Waals surface area contributed by atoms with E-state index in [1.807, 2.05) is 18.2 Å². The molecule has 0 aromatic heterocycles. The first-order chi connectivity index (χ1) is 12.6. The van der Waals surface area contributed by atoms with Gasteiger partial charge in [-0.1, -0.05) is 61.8 Å². The van der Waals surface area contributed by atoms with Crippen LogP contribution in [0.2, 0.25) is 5.02 Å². The zero-order valence-electron chi connectivity index (χ0n) is 15.5. The van der Waals surface area contributed by atoms with Crippen molar-refractivity contribution in [3.63, 3.8) is 0 Å². The molecule has 26 heavy (non-hydrogen) atoms. The van der Waals surface area contributed by atoms with Gasteiger partial charge >= 0.3 is 0 Å². The molecule has 1 aliphatic rings. The van der Waals surface area contributed by atoms with Crippen molar-refractivity contribution in [1.29, 1.82) is 0 Å². The minimum Gasteiger partial charge on any atom is -0.352 e. The predicted octanol–water partition coefficient (Wildman–Crippen LogP) is 4.60. The molecule has 1 N–H and O–H groups in total. The van der Waals surface area contributed by atoms with E-state index in [2.05, 4.69) is 54.4 Å². The molecular formula is C22H27ClN2O. The lowest BCUT2D eigenvalue weighted by molar-refractivity contribution is -0.122. The SMILES string of the molecule is CCN(CC)Cc1ccc(CNC(=O)C2CC2c2cccc(Cl)c2)cc1. The number of nitrogens with one attached hydrogen (secondary N) is 1. The number of benzene rings is 2. The number of amides is 1. The van der Waals surface area contributed by atoms with Gasteiger partial charge in [0.05, 0.1) is 0 Å². The molecule has 1 aliphatic carbocycles. The molecule has 0 saturated heterocycles. The summed E-state index contributed by atoms with van der Waals surface area (Å²) < 4.78 is 0. The van der Waals surface area contributed by atoms with Gasteiger partial charge in [-0.25, -0.2) is 0 Å². The second-order valence-corrected chi connectivity index (χ2v) is 7.44. The minimum atomic E-state index is 0.0791. The van der Waals surface area contributed by atoms with Crippen molar-refractivity contribution < 1.29 is 4.79 Å². The third-order valence-corrected chi connectivity index (χ3v) is 5.43. The summed E-state index contributed by atoms with van der Waals surface area (Å²) in [6, 6.07) is 16.4. The highest BCUT2D eigenvalue weighted by molar-refractivity contribution is 6.30. The topological polar surface area (TPSA) is 32.3 Å². The Kier molecular flexibility index (Phi) is 6.33. The van der Waals surface area contributed by atoms with Gasteiger partial charge in [-0.15, -0.1) is 0 Å². The lowest BCUT2D eigenvalue weighted by Crippen LogP contribution is -2.25. The number of rotatable bonds is 8. The molecular weight excluding hydrogens is 344 g/mol. The Bertz CT molecular complexity index is 740. The average Bonchev–Trinajstić information content (AvgIpc) is 3.46. The first kappa shape index (κ1) is 18.9. The van der Waals surface area contributed by atoms with Gasteiger partial charge < -0.3 is 5.32 Å². The zero-order chi connectivity index (χ0) is 18.5. The van der Waals surface area contributed by atoms with Crippen LogP contribution in [0.4, 0.5) is 0 Å². The molecule has 0 aliphatic heterocycles. The molecule has 2 unspecified atom stereocenters. The summed E-state index contributed by atoms with van der Waals surface area (Å²) in [4.78, 5) is 14.8. The number of halogens is 1. The Morgan fingerprint density at radius 3 is 2.46 bits per heavy atom. The van der Waals surface area contributed by atoms with E-state index in [9.17, 15) is 4.79 Å². The second-order valence-electron chi connectivity index (χ2n) is 7.00. The van der Waals surface area contributed by atoms with Gasteiger partial charge in [0.2, 0.25) is 5.91 Å². The van der Waals surface area contributed by atoms with Crippen LogP contribution in [0.5, 0.6) is 0 Å². The van der Waals surface area contributed by atoms with Crippen LogP contribution in [-0.2, 0) is 17.9 Å².